The third kappa shape index (κ3) is 11.4. The number of hydrogen-bond donors (Lipinski definition) is 3. The lowest BCUT2D eigenvalue weighted by Gasteiger charge is -2.35. The first-order chi connectivity index (χ1) is 31.4. The molecule has 4 atom stereocenters. The maximum Gasteiger partial charge on any atom is 0.266 e. The van der Waals surface area contributed by atoms with E-state index in [0.29, 0.717) is 68.3 Å². The second-order valence-electron chi connectivity index (χ2n) is 18.7. The number of carbonyl (C=O) groups excluding carboxylic acids is 4. The standard InChI is InChI=1S/C49H58F2N10O4S/c1-30(46(64)59-21-16-35(17-22-59)37-25-40(56-39-24-33(27-52)15-19-53-39)57-41(26-37)60-23-18-49(50,51)28-60)9-14-42(62)58-44(48(4,5)6)47(65)61-20-7-8-38(61)45(63)55-31(2)34-10-12-36(13-11-34)43-32(3)54-29-66-43/h9-15,19,24-26,29-31,35,38,44H,7-8,16-18,20-23,28H2,1-6H3,(H,55,63)(H,58,62)(H,53,56,57)/b14-9+. The van der Waals surface area contributed by atoms with Crippen LogP contribution in [0.15, 0.2) is 72.4 Å². The first kappa shape index (κ1) is 47.7. The molecule has 0 aliphatic carbocycles. The smallest absolute Gasteiger partial charge is 0.266 e. The molecule has 17 heteroatoms. The summed E-state index contributed by atoms with van der Waals surface area (Å²) in [5, 5.41) is 18.5. The highest BCUT2D eigenvalue weighted by atomic mass is 32.1. The molecule has 3 aliphatic rings. The number of benzene rings is 1. The fourth-order valence-electron chi connectivity index (χ4n) is 8.87. The van der Waals surface area contributed by atoms with Crippen molar-refractivity contribution >= 4 is 52.4 Å². The summed E-state index contributed by atoms with van der Waals surface area (Å²) in [6.07, 6.45) is 6.49. The van der Waals surface area contributed by atoms with Crippen LogP contribution in [0.4, 0.5) is 26.2 Å². The Bertz CT molecular complexity index is 2490. The van der Waals surface area contributed by atoms with Crippen molar-refractivity contribution in [1.82, 2.24) is 35.4 Å². The molecule has 66 heavy (non-hydrogen) atoms. The summed E-state index contributed by atoms with van der Waals surface area (Å²) in [5.41, 5.74) is 5.41. The van der Waals surface area contributed by atoms with Gasteiger partial charge in [-0.1, -0.05) is 58.0 Å². The highest BCUT2D eigenvalue weighted by Gasteiger charge is 2.42. The molecule has 1 aromatic carbocycles. The second-order valence-corrected chi connectivity index (χ2v) is 19.6. The van der Waals surface area contributed by atoms with Crippen LogP contribution in [0.2, 0.25) is 0 Å². The average Bonchev–Trinajstić information content (AvgIpc) is 4.06. The van der Waals surface area contributed by atoms with Gasteiger partial charge in [-0.15, -0.1) is 11.3 Å². The number of carbonyl (C=O) groups is 4. The Kier molecular flexibility index (Phi) is 14.5. The van der Waals surface area contributed by atoms with Gasteiger partial charge in [-0.2, -0.15) is 5.26 Å². The second kappa shape index (κ2) is 20.1. The third-order valence-corrected chi connectivity index (χ3v) is 13.7. The molecule has 3 fully saturated rings. The Hall–Kier alpha value is -6.28. The monoisotopic (exact) mass is 920 g/mol. The fourth-order valence-corrected chi connectivity index (χ4v) is 9.68. The van der Waals surface area contributed by atoms with Crippen LogP contribution in [0, 0.1) is 29.6 Å². The van der Waals surface area contributed by atoms with Gasteiger partial charge in [-0.25, -0.2) is 23.7 Å². The molecule has 14 nitrogen and oxygen atoms in total. The Labute approximate surface area is 388 Å². The number of nitriles is 1. The Morgan fingerprint density at radius 1 is 0.939 bits per heavy atom. The number of amides is 4. The Morgan fingerprint density at radius 2 is 1.68 bits per heavy atom. The molecule has 0 spiro atoms. The van der Waals surface area contributed by atoms with Crippen LogP contribution in [0.25, 0.3) is 10.4 Å². The summed E-state index contributed by atoms with van der Waals surface area (Å²) in [5.74, 6) is -3.43. The van der Waals surface area contributed by atoms with Crippen molar-refractivity contribution in [3.05, 3.63) is 94.8 Å². The van der Waals surface area contributed by atoms with Crippen molar-refractivity contribution in [3.8, 4) is 16.5 Å². The lowest BCUT2D eigenvalue weighted by Crippen LogP contribution is -2.57. The van der Waals surface area contributed by atoms with Gasteiger partial charge in [-0.3, -0.25) is 19.2 Å². The minimum absolute atomic E-state index is 0.0163. The van der Waals surface area contributed by atoms with Crippen LogP contribution in [-0.2, 0) is 19.2 Å². The van der Waals surface area contributed by atoms with Gasteiger partial charge >= 0.3 is 0 Å². The largest absolute Gasteiger partial charge is 0.350 e. The number of nitrogens with zero attached hydrogens (tertiary/aromatic N) is 7. The van der Waals surface area contributed by atoms with Crippen LogP contribution >= 0.6 is 11.3 Å². The van der Waals surface area contributed by atoms with E-state index >= 15 is 0 Å². The van der Waals surface area contributed by atoms with E-state index in [4.69, 9.17) is 0 Å². The van der Waals surface area contributed by atoms with Gasteiger partial charge in [-0.05, 0) is 97.9 Å². The van der Waals surface area contributed by atoms with E-state index in [-0.39, 0.29) is 42.6 Å². The maximum absolute atomic E-state index is 14.3. The van der Waals surface area contributed by atoms with E-state index in [2.05, 4.69) is 37.0 Å². The first-order valence-electron chi connectivity index (χ1n) is 22.6. The normalized spacial score (nSPS) is 19.0. The highest BCUT2D eigenvalue weighted by molar-refractivity contribution is 7.13. The summed E-state index contributed by atoms with van der Waals surface area (Å²) < 4.78 is 28.5. The summed E-state index contributed by atoms with van der Waals surface area (Å²) in [6, 6.07) is 15.1. The number of alkyl halides is 2. The van der Waals surface area contributed by atoms with Gasteiger partial charge in [0.25, 0.3) is 5.92 Å². The highest BCUT2D eigenvalue weighted by Crippen LogP contribution is 2.36. The van der Waals surface area contributed by atoms with Gasteiger partial charge in [0, 0.05) is 38.8 Å². The molecule has 0 bridgehead atoms. The molecular formula is C49H58F2N10O4S. The molecule has 3 aromatic heterocycles. The number of likely N-dealkylation sites (tertiary alicyclic amines) is 2. The molecule has 6 heterocycles. The molecule has 0 saturated carbocycles. The number of nitrogens with one attached hydrogen (secondary N) is 3. The van der Waals surface area contributed by atoms with Gasteiger partial charge < -0.3 is 30.7 Å². The van der Waals surface area contributed by atoms with Crippen LogP contribution in [0.5, 0.6) is 0 Å². The number of rotatable bonds is 13. The third-order valence-electron chi connectivity index (χ3n) is 12.7. The van der Waals surface area contributed by atoms with Crippen LogP contribution < -0.4 is 20.9 Å². The predicted octanol–water partition coefficient (Wildman–Crippen LogP) is 7.67. The molecule has 4 unspecified atom stereocenters. The van der Waals surface area contributed by atoms with Gasteiger partial charge in [0.2, 0.25) is 23.6 Å². The summed E-state index contributed by atoms with van der Waals surface area (Å²) in [7, 11) is 0. The summed E-state index contributed by atoms with van der Waals surface area (Å²) >= 11 is 1.58. The molecule has 3 saturated heterocycles. The number of aromatic nitrogens is 3. The molecule has 7 rings (SSSR count). The molecule has 3 aliphatic heterocycles. The minimum Gasteiger partial charge on any atom is -0.350 e. The van der Waals surface area contributed by atoms with Crippen LogP contribution in [-0.4, -0.2) is 99.1 Å². The molecule has 0 radical (unpaired) electrons. The molecule has 4 aromatic rings. The first-order valence-corrected chi connectivity index (χ1v) is 23.4. The number of halogens is 2. The number of pyridine rings is 2. The zero-order valence-corrected chi connectivity index (χ0v) is 39.1. The van der Waals surface area contributed by atoms with Gasteiger partial charge in [0.1, 0.15) is 29.5 Å². The lowest BCUT2D eigenvalue weighted by atomic mass is 9.85. The van der Waals surface area contributed by atoms with Gasteiger partial charge in [0.15, 0.2) is 0 Å². The zero-order chi connectivity index (χ0) is 47.3. The summed E-state index contributed by atoms with van der Waals surface area (Å²) in [6.45, 7) is 12.2. The van der Waals surface area contributed by atoms with Crippen molar-refractivity contribution in [3.63, 3.8) is 0 Å². The van der Waals surface area contributed by atoms with Crippen molar-refractivity contribution in [1.29, 1.82) is 5.26 Å². The van der Waals surface area contributed by atoms with E-state index in [1.165, 1.54) is 12.3 Å². The fraction of sp³-hybridized carbons (Fsp3) is 0.469. The van der Waals surface area contributed by atoms with Crippen molar-refractivity contribution in [2.45, 2.75) is 104 Å². The average molecular weight is 921 g/mol. The van der Waals surface area contributed by atoms with Crippen LogP contribution in [0.3, 0.4) is 0 Å². The number of aryl methyl sites for hydroxylation is 1. The van der Waals surface area contributed by atoms with E-state index < -0.39 is 41.8 Å². The van der Waals surface area contributed by atoms with Crippen molar-refractivity contribution < 1.29 is 28.0 Å². The quantitative estimate of drug-likeness (QED) is 0.113. The number of hydrogen-bond acceptors (Lipinski definition) is 11. The van der Waals surface area contributed by atoms with Crippen molar-refractivity contribution in [2.75, 3.05) is 42.9 Å². The van der Waals surface area contributed by atoms with Crippen LogP contribution in [0.1, 0.15) is 101 Å². The number of thiazole rings is 1. The topological polar surface area (TPSA) is 177 Å². The summed E-state index contributed by atoms with van der Waals surface area (Å²) in [4.78, 5) is 74.3. The molecule has 348 valence electrons. The lowest BCUT2D eigenvalue weighted by molar-refractivity contribution is -0.143. The minimum atomic E-state index is -2.81. The van der Waals surface area contributed by atoms with E-state index in [0.717, 1.165) is 27.3 Å². The Balaban J connectivity index is 0.939. The number of piperidine rings is 1. The van der Waals surface area contributed by atoms with E-state index in [9.17, 15) is 33.2 Å². The Morgan fingerprint density at radius 3 is 2.33 bits per heavy atom. The van der Waals surface area contributed by atoms with Crippen molar-refractivity contribution in [2.24, 2.45) is 11.3 Å². The van der Waals surface area contributed by atoms with E-state index in [1.54, 1.807) is 51.2 Å². The van der Waals surface area contributed by atoms with Gasteiger partial charge in [0.05, 0.1) is 46.2 Å². The molecular weight excluding hydrogens is 863 g/mol. The predicted molar refractivity (Wildman–Crippen MR) is 250 cm³/mol. The van der Waals surface area contributed by atoms with E-state index in [1.807, 2.05) is 76.5 Å². The zero-order valence-electron chi connectivity index (χ0n) is 38.3. The molecule has 4 amide bonds. The SMILES string of the molecule is Cc1ncsc1-c1ccc(C(C)NC(=O)C2CCCN2C(=O)C(NC(=O)/C=C/C(C)C(=O)N2CCC(c3cc(Nc4cc(C#N)ccn4)nc(N4CCC(F)(F)C4)c3)CC2)C(C)(C)C)cc1. The maximum atomic E-state index is 14.3. The number of anilines is 3. The molecule has 3 N–H and O–H groups in total.